The lowest BCUT2D eigenvalue weighted by Crippen LogP contribution is -2.11. The van der Waals surface area contributed by atoms with Crippen molar-refractivity contribution in [3.05, 3.63) is 38.9 Å². The minimum absolute atomic E-state index is 0.0744. The van der Waals surface area contributed by atoms with Crippen LogP contribution in [0.4, 0.5) is 5.69 Å². The Bertz CT molecular complexity index is 537. The number of esters is 1. The summed E-state index contributed by atoms with van der Waals surface area (Å²) < 4.78 is 4.75. The standard InChI is InChI=1S/C11H9ClN2O4/c1-2-18-11(15)10-8(5-12)3-7(6-13)4-9(10)14(16)17/h3-4H,2,5H2,1H3. The molecule has 0 heterocycles. The van der Waals surface area contributed by atoms with Crippen molar-refractivity contribution in [2.45, 2.75) is 12.8 Å². The van der Waals surface area contributed by atoms with Crippen molar-refractivity contribution >= 4 is 23.3 Å². The molecule has 0 spiro atoms. The molecule has 0 bridgehead atoms. The second-order valence-electron chi connectivity index (χ2n) is 3.25. The monoisotopic (exact) mass is 268 g/mol. The van der Waals surface area contributed by atoms with Gasteiger partial charge in [-0.2, -0.15) is 5.26 Å². The third kappa shape index (κ3) is 2.76. The van der Waals surface area contributed by atoms with Crippen LogP contribution in [0.1, 0.15) is 28.4 Å². The molecule has 0 atom stereocenters. The van der Waals surface area contributed by atoms with Crippen molar-refractivity contribution in [1.29, 1.82) is 5.26 Å². The molecular formula is C11H9ClN2O4. The fourth-order valence-electron chi connectivity index (χ4n) is 1.44. The van der Waals surface area contributed by atoms with E-state index in [2.05, 4.69) is 0 Å². The number of halogens is 1. The van der Waals surface area contributed by atoms with Crippen LogP contribution in [-0.4, -0.2) is 17.5 Å². The number of ether oxygens (including phenoxy) is 1. The van der Waals surface area contributed by atoms with Crippen LogP contribution in [0.15, 0.2) is 12.1 Å². The minimum atomic E-state index is -0.815. The van der Waals surface area contributed by atoms with Crippen molar-refractivity contribution in [2.75, 3.05) is 6.61 Å². The first kappa shape index (κ1) is 13.9. The first-order valence-corrected chi connectivity index (χ1v) is 5.53. The molecule has 0 N–H and O–H groups in total. The second-order valence-corrected chi connectivity index (χ2v) is 3.52. The van der Waals surface area contributed by atoms with Crippen LogP contribution in [0.2, 0.25) is 0 Å². The molecule has 0 fully saturated rings. The molecule has 7 heteroatoms. The first-order valence-electron chi connectivity index (χ1n) is 4.99. The number of benzene rings is 1. The van der Waals surface area contributed by atoms with Gasteiger partial charge >= 0.3 is 5.97 Å². The Kier molecular flexibility index (Phi) is 4.63. The summed E-state index contributed by atoms with van der Waals surface area (Å²) in [6.07, 6.45) is 0. The zero-order valence-electron chi connectivity index (χ0n) is 9.47. The lowest BCUT2D eigenvalue weighted by Gasteiger charge is -2.07. The summed E-state index contributed by atoms with van der Waals surface area (Å²) in [4.78, 5) is 21.9. The van der Waals surface area contributed by atoms with Gasteiger partial charge in [-0.25, -0.2) is 4.79 Å². The summed E-state index contributed by atoms with van der Waals surface area (Å²) in [7, 11) is 0. The third-order valence-electron chi connectivity index (χ3n) is 2.15. The Morgan fingerprint density at radius 1 is 1.61 bits per heavy atom. The van der Waals surface area contributed by atoms with Gasteiger partial charge < -0.3 is 4.74 Å². The molecule has 0 aliphatic carbocycles. The van der Waals surface area contributed by atoms with Gasteiger partial charge in [0, 0.05) is 11.9 Å². The van der Waals surface area contributed by atoms with Crippen LogP contribution in [0.5, 0.6) is 0 Å². The van der Waals surface area contributed by atoms with Gasteiger partial charge in [-0.1, -0.05) is 0 Å². The van der Waals surface area contributed by atoms with E-state index in [1.165, 1.54) is 6.07 Å². The summed E-state index contributed by atoms with van der Waals surface area (Å²) in [5.74, 6) is -0.936. The van der Waals surface area contributed by atoms with Crippen molar-refractivity contribution in [3.8, 4) is 6.07 Å². The normalized spacial score (nSPS) is 9.61. The summed E-state index contributed by atoms with van der Waals surface area (Å²) >= 11 is 5.64. The lowest BCUT2D eigenvalue weighted by molar-refractivity contribution is -0.385. The van der Waals surface area contributed by atoms with Gasteiger partial charge in [0.25, 0.3) is 5.69 Å². The molecular weight excluding hydrogens is 260 g/mol. The Balaban J connectivity index is 3.50. The van der Waals surface area contributed by atoms with Gasteiger partial charge in [0.1, 0.15) is 5.56 Å². The Labute approximate surface area is 108 Å². The average Bonchev–Trinajstić information content (AvgIpc) is 2.37. The quantitative estimate of drug-likeness (QED) is 0.362. The maximum absolute atomic E-state index is 11.7. The van der Waals surface area contributed by atoms with E-state index in [9.17, 15) is 14.9 Å². The van der Waals surface area contributed by atoms with Gasteiger partial charge in [-0.05, 0) is 18.6 Å². The number of nitro groups is 1. The van der Waals surface area contributed by atoms with Crippen molar-refractivity contribution in [3.63, 3.8) is 0 Å². The summed E-state index contributed by atoms with van der Waals surface area (Å²) in [5, 5.41) is 19.7. The predicted octanol–water partition coefficient (Wildman–Crippen LogP) is 2.38. The van der Waals surface area contributed by atoms with E-state index >= 15 is 0 Å². The molecule has 94 valence electrons. The van der Waals surface area contributed by atoms with Gasteiger partial charge in [0.2, 0.25) is 0 Å². The van der Waals surface area contributed by atoms with Gasteiger partial charge in [0.05, 0.1) is 23.2 Å². The highest BCUT2D eigenvalue weighted by Crippen LogP contribution is 2.26. The summed E-state index contributed by atoms with van der Waals surface area (Å²) in [5.41, 5.74) is -0.384. The molecule has 0 aromatic heterocycles. The molecule has 0 radical (unpaired) electrons. The van der Waals surface area contributed by atoms with Crippen LogP contribution in [-0.2, 0) is 10.6 Å². The van der Waals surface area contributed by atoms with E-state index in [-0.39, 0.29) is 29.2 Å². The molecule has 6 nitrogen and oxygen atoms in total. The van der Waals surface area contributed by atoms with Crippen LogP contribution >= 0.6 is 11.6 Å². The largest absolute Gasteiger partial charge is 0.462 e. The maximum Gasteiger partial charge on any atom is 0.345 e. The van der Waals surface area contributed by atoms with Crippen LogP contribution in [0.3, 0.4) is 0 Å². The first-order chi connectivity index (χ1) is 8.54. The third-order valence-corrected chi connectivity index (χ3v) is 2.44. The van der Waals surface area contributed by atoms with Crippen LogP contribution < -0.4 is 0 Å². The zero-order chi connectivity index (χ0) is 13.7. The number of rotatable bonds is 4. The zero-order valence-corrected chi connectivity index (χ0v) is 10.2. The predicted molar refractivity (Wildman–Crippen MR) is 63.3 cm³/mol. The highest BCUT2D eigenvalue weighted by atomic mass is 35.5. The van der Waals surface area contributed by atoms with Gasteiger partial charge in [0.15, 0.2) is 0 Å². The minimum Gasteiger partial charge on any atom is -0.462 e. The summed E-state index contributed by atoms with van der Waals surface area (Å²) in [6.45, 7) is 1.69. The smallest absolute Gasteiger partial charge is 0.345 e. The average molecular weight is 269 g/mol. The molecule has 1 rings (SSSR count). The number of nitro benzene ring substituents is 1. The molecule has 0 aliphatic rings. The second kappa shape index (κ2) is 5.98. The number of carbonyl (C=O) groups excluding carboxylic acids is 1. The number of alkyl halides is 1. The molecule has 1 aromatic rings. The van der Waals surface area contributed by atoms with Crippen molar-refractivity contribution in [2.24, 2.45) is 0 Å². The van der Waals surface area contributed by atoms with Gasteiger partial charge in [-0.3, -0.25) is 10.1 Å². The molecule has 0 amide bonds. The molecule has 0 unspecified atom stereocenters. The maximum atomic E-state index is 11.7. The highest BCUT2D eigenvalue weighted by Gasteiger charge is 2.26. The number of hydrogen-bond acceptors (Lipinski definition) is 5. The van der Waals surface area contributed by atoms with E-state index in [0.717, 1.165) is 6.07 Å². The van der Waals surface area contributed by atoms with E-state index in [1.54, 1.807) is 13.0 Å². The SMILES string of the molecule is CCOC(=O)c1c(CCl)cc(C#N)cc1[N+](=O)[O-]. The fourth-order valence-corrected chi connectivity index (χ4v) is 1.65. The number of hydrogen-bond donors (Lipinski definition) is 0. The molecule has 0 saturated heterocycles. The van der Waals surface area contributed by atoms with E-state index < -0.39 is 16.6 Å². The topological polar surface area (TPSA) is 93.2 Å². The molecule has 0 aliphatic heterocycles. The number of nitriles is 1. The Morgan fingerprint density at radius 2 is 2.28 bits per heavy atom. The van der Waals surface area contributed by atoms with Gasteiger partial charge in [-0.15, -0.1) is 11.6 Å². The molecule has 1 aromatic carbocycles. The van der Waals surface area contributed by atoms with E-state index in [0.29, 0.717) is 0 Å². The van der Waals surface area contributed by atoms with E-state index in [4.69, 9.17) is 21.6 Å². The summed E-state index contributed by atoms with van der Waals surface area (Å²) in [6, 6.07) is 4.15. The van der Waals surface area contributed by atoms with Crippen molar-refractivity contribution in [1.82, 2.24) is 0 Å². The molecule has 0 saturated carbocycles. The van der Waals surface area contributed by atoms with Crippen LogP contribution in [0, 0.1) is 21.4 Å². The Hall–Kier alpha value is -2.13. The highest BCUT2D eigenvalue weighted by molar-refractivity contribution is 6.18. The number of nitrogens with zero attached hydrogens (tertiary/aromatic N) is 2. The Morgan fingerprint density at radius 3 is 2.72 bits per heavy atom. The van der Waals surface area contributed by atoms with E-state index in [1.807, 2.05) is 0 Å². The van der Waals surface area contributed by atoms with Crippen molar-refractivity contribution < 1.29 is 14.5 Å². The van der Waals surface area contributed by atoms with Crippen LogP contribution in [0.25, 0.3) is 0 Å². The number of carbonyl (C=O) groups is 1. The fraction of sp³-hybridized carbons (Fsp3) is 0.273. The lowest BCUT2D eigenvalue weighted by atomic mass is 10.0. The molecule has 18 heavy (non-hydrogen) atoms.